The molecule has 0 aliphatic carbocycles. The Hall–Kier alpha value is -17.7. The lowest BCUT2D eigenvalue weighted by Crippen LogP contribution is -1.93. The Morgan fingerprint density at radius 1 is 0.0882 bits per heavy atom. The summed E-state index contributed by atoms with van der Waals surface area (Å²) in [7, 11) is 0. The maximum Gasteiger partial charge on any atom is 0.0636 e. The molecule has 0 aliphatic rings. The van der Waals surface area contributed by atoms with Gasteiger partial charge in [-0.2, -0.15) is 0 Å². The third-order valence-corrected chi connectivity index (χ3v) is 20.3. The summed E-state index contributed by atoms with van der Waals surface area (Å²) < 4.78 is 827. The van der Waals surface area contributed by atoms with Crippen LogP contribution in [0.25, 0.3) is 242 Å². The van der Waals surface area contributed by atoms with E-state index in [4.69, 9.17) is 89.1 Å². The molecule has 25 rings (SSSR count). The standard InChI is InChI=1S/C48H32.2C44H30/c1-4-15-33(16-5-1)38-29-39(34-17-6-2-7-18-34)31-40(30-38)48-44-25-13-12-24-43(44)47(36-20-8-3-9-21-36)46-32-37(27-28-45(46)48)42-26-14-22-35-19-10-11-23-41(35)42;1-5-15-31(16-6-1)35-25-26-41-42(30-35)43(34-21-11-4-12-22-34)39-23-13-14-24-40(39)44(41)38-28-36(32-17-7-2-8-18-32)27-37(29-38)33-19-9-3-10-20-33;1-5-15-31(16-6-1)35-25-26-41-42(30-35)44(40-24-14-13-23-39(40)43(41)34-21-11-4-12-22-34)38-28-36(32-17-7-2-8-18-32)27-37(29-38)33-19-9-3-10-20-33/h1-32H;2*1-30H/i1D,2D,3D,4D,5D,6D,7D,8D,9D,10D,11D,12D,13D,14D,15D,16D,17D,18D,19D,20D,21D,22D,23D,24D,25D,26D,27D,28D,29D,30D,31D,32D;2*1D,2D,3D,4D,5D,6D,7D,8D,9D,10D,11D,12D,13D,14D,15D,16D,17D,18D,19D,20D,21D,22D,23D,24D,25D,26D,27D,28D,29D,30D. The van der Waals surface area contributed by atoms with E-state index in [1.807, 2.05) is 0 Å². The molecule has 0 saturated heterocycles. The average molecular weight is 1820 g/mol. The molecule has 0 unspecified atom stereocenters. The number of hydrogen-bond acceptors (Lipinski definition) is 0. The Labute approximate surface area is 923 Å². The summed E-state index contributed by atoms with van der Waals surface area (Å²) in [6.45, 7) is 0. The van der Waals surface area contributed by atoms with Crippen molar-refractivity contribution < 1.29 is 126 Å². The van der Waals surface area contributed by atoms with Crippen LogP contribution in [0, 0.1) is 0 Å². The predicted octanol–water partition coefficient (Wildman–Crippen LogP) is 38.1. The van der Waals surface area contributed by atoms with Crippen LogP contribution in [0.2, 0.25) is 0 Å². The van der Waals surface area contributed by atoms with Gasteiger partial charge in [-0.05, 0) is 315 Å². The highest BCUT2D eigenvalue weighted by Gasteiger charge is 2.25. The Bertz CT molecular complexity index is 14200. The number of benzene rings is 25. The van der Waals surface area contributed by atoms with Crippen LogP contribution in [-0.4, -0.2) is 0 Å². The molecule has 0 atom stereocenters. The molecule has 0 radical (unpaired) electrons. The van der Waals surface area contributed by atoms with Crippen molar-refractivity contribution in [3.63, 3.8) is 0 Å². The predicted molar refractivity (Wildman–Crippen MR) is 583 cm³/mol. The Kier molecular flexibility index (Phi) is 8.27. The molecule has 0 nitrogen and oxygen atoms in total. The summed E-state index contributed by atoms with van der Waals surface area (Å²) in [5.74, 6) is 0. The van der Waals surface area contributed by atoms with Crippen LogP contribution < -0.4 is 0 Å². The minimum Gasteiger partial charge on any atom is -0.0622 e. The fourth-order valence-electron chi connectivity index (χ4n) is 14.7. The van der Waals surface area contributed by atoms with E-state index in [-0.39, 0.29) is 0 Å². The van der Waals surface area contributed by atoms with E-state index in [0.717, 1.165) is 0 Å². The summed E-state index contributed by atoms with van der Waals surface area (Å²) in [6.07, 6.45) is 0. The summed E-state index contributed by atoms with van der Waals surface area (Å²) >= 11 is 0. The van der Waals surface area contributed by atoms with Crippen LogP contribution in [0.15, 0.2) is 556 Å². The molecule has 0 heterocycles. The normalized spacial score (nSPS) is 20.7. The maximum atomic E-state index is 10.2. The zero-order valence-electron chi connectivity index (χ0n) is 160. The average Bonchev–Trinajstić information content (AvgIpc) is 0.682. The number of hydrogen-bond donors (Lipinski definition) is 0. The van der Waals surface area contributed by atoms with E-state index in [1.54, 1.807) is 0 Å². The molecule has 0 bridgehead atoms. The Balaban J connectivity index is 0.000000172. The van der Waals surface area contributed by atoms with E-state index in [9.17, 15) is 37.0 Å². The van der Waals surface area contributed by atoms with Crippen LogP contribution in [0.4, 0.5) is 0 Å². The fraction of sp³-hybridized carbons (Fsp3) is 0. The van der Waals surface area contributed by atoms with Crippen LogP contribution in [0.3, 0.4) is 0 Å². The molecule has 0 aliphatic heterocycles. The van der Waals surface area contributed by atoms with Gasteiger partial charge in [-0.3, -0.25) is 0 Å². The number of rotatable bonds is 15. The second-order valence-electron chi connectivity index (χ2n) is 28.0. The quantitative estimate of drug-likeness (QED) is 0.0898. The van der Waals surface area contributed by atoms with Gasteiger partial charge in [-0.25, -0.2) is 0 Å². The van der Waals surface area contributed by atoms with Gasteiger partial charge in [-0.15, -0.1) is 0 Å². The van der Waals surface area contributed by atoms with E-state index in [2.05, 4.69) is 0 Å². The lowest BCUT2D eigenvalue weighted by molar-refractivity contribution is 1.58. The molecule has 0 amide bonds. The van der Waals surface area contributed by atoms with Crippen molar-refractivity contribution in [3.8, 4) is 167 Å². The van der Waals surface area contributed by atoms with Crippen molar-refractivity contribution in [1.82, 2.24) is 0 Å². The van der Waals surface area contributed by atoms with Crippen molar-refractivity contribution >= 4 is 75.4 Å². The molecule has 136 heavy (non-hydrogen) atoms. The molecule has 0 spiro atoms. The van der Waals surface area contributed by atoms with Gasteiger partial charge in [0, 0.05) is 0 Å². The van der Waals surface area contributed by atoms with Gasteiger partial charge in [0.25, 0.3) is 0 Å². The second kappa shape index (κ2) is 37.3. The molecule has 0 N–H and O–H groups in total. The monoisotopic (exact) mass is 1820 g/mol. The Morgan fingerprint density at radius 2 is 0.257 bits per heavy atom. The van der Waals surface area contributed by atoms with Gasteiger partial charge in [0.05, 0.1) is 126 Å². The highest BCUT2D eigenvalue weighted by atomic mass is 14.3. The molecule has 25 aromatic rings. The molecule has 0 aromatic heterocycles. The maximum absolute atomic E-state index is 10.2. The highest BCUT2D eigenvalue weighted by Crippen LogP contribution is 2.52. The highest BCUT2D eigenvalue weighted by molar-refractivity contribution is 6.26. The second-order valence-corrected chi connectivity index (χ2v) is 28.0. The first kappa shape index (κ1) is 30.2. The smallest absolute Gasteiger partial charge is 0.0622 e. The van der Waals surface area contributed by atoms with Gasteiger partial charge in [0.2, 0.25) is 0 Å². The summed E-state index contributed by atoms with van der Waals surface area (Å²) in [6, 6.07) is -98.6. The van der Waals surface area contributed by atoms with Gasteiger partial charge in [0.1, 0.15) is 0 Å². The number of fused-ring (bicyclic) bond motifs is 7. The SMILES string of the molecule is [2H]c1c([2H])c([2H])c(-c2c([2H])c(-c3c([2H])c([2H])c([2H])c([2H])c3[2H])c([2H])c(-c3c4c([2H])c([2H])c([2H])c([2H])c4c(-c4c([2H])c([2H])c([2H])c([2H])c4[2H])c4c([2H])c(-c5c([2H])c([2H])c([2H])c([2H])c5[2H])c([2H])c([2H])c34)c2[2H])c([2H])c1[2H].[2H]c1c([2H])c([2H])c(-c2c([2H])c(-c3c([2H])c([2H])c([2H])c([2H])c3[2H])c([2H])c(-c3c4c([2H])c([2H])c([2H])c([2H])c4c(-c4c([2H])c([2H])c([2H])c([2H])c4[2H])c4c([2H])c(-c5c([2H])c([2H])c([2H])c6c([2H])c([2H])c([2H])c([2H])c56)c([2H])c([2H])c34)c2[2H])c([2H])c1[2H].[2H]c1c([2H])c([2H])c(-c2c([2H])c(-c3c([2H])c([2H])c([2H])c([2H])c3[2H])c([2H])c(-c3c4c([2H])c([2H])c([2H])c([2H])c4c(-c4c([2H])c([2H])c([2H])c([2H])c4[2H])c4c([2H])c([2H])c(-c5c([2H])c([2H])c([2H])c([2H])c5[2H])c([2H])c34)c2[2H])c([2H])c1[2H]. The third kappa shape index (κ3) is 16.4. The molecule has 25 aromatic carbocycles. The van der Waals surface area contributed by atoms with Crippen molar-refractivity contribution in [3.05, 3.63) is 556 Å². The van der Waals surface area contributed by atoms with Crippen molar-refractivity contribution in [2.45, 2.75) is 0 Å². The van der Waals surface area contributed by atoms with Crippen LogP contribution >= 0.6 is 0 Å². The lowest BCUT2D eigenvalue weighted by atomic mass is 9.83. The van der Waals surface area contributed by atoms with Crippen LogP contribution in [-0.2, 0) is 0 Å². The van der Waals surface area contributed by atoms with E-state index < -0.39 is 798 Å². The first-order valence-electron chi connectivity index (χ1n) is 85.5. The van der Waals surface area contributed by atoms with Gasteiger partial charge in [-0.1, -0.05) is 483 Å². The molecular weight excluding hydrogens is 1630 g/mol. The summed E-state index contributed by atoms with van der Waals surface area (Å²) in [5, 5.41) is -12.5. The molecule has 0 heteroatoms. The van der Waals surface area contributed by atoms with Crippen LogP contribution in [0.5, 0.6) is 0 Å². The molecule has 636 valence electrons. The first-order chi connectivity index (χ1) is 106. The van der Waals surface area contributed by atoms with Crippen molar-refractivity contribution in [1.29, 1.82) is 0 Å². The largest absolute Gasteiger partial charge is 0.0636 e. The molecule has 0 saturated carbocycles. The third-order valence-electron chi connectivity index (χ3n) is 20.3. The minimum atomic E-state index is -1.25. The zero-order chi connectivity index (χ0) is 171. The Morgan fingerprint density at radius 3 is 0.522 bits per heavy atom. The van der Waals surface area contributed by atoms with Gasteiger partial charge >= 0.3 is 0 Å². The van der Waals surface area contributed by atoms with E-state index in [1.165, 1.54) is 0 Å². The zero-order valence-corrected chi connectivity index (χ0v) is 68.0. The van der Waals surface area contributed by atoms with E-state index >= 15 is 0 Å². The molecular formula is C136H92. The van der Waals surface area contributed by atoms with Crippen molar-refractivity contribution in [2.24, 2.45) is 0 Å². The van der Waals surface area contributed by atoms with Gasteiger partial charge < -0.3 is 0 Å². The van der Waals surface area contributed by atoms with Gasteiger partial charge in [0.15, 0.2) is 0 Å². The summed E-state index contributed by atoms with van der Waals surface area (Å²) in [4.78, 5) is 0. The lowest BCUT2D eigenvalue weighted by Gasteiger charge is -2.20. The topological polar surface area (TPSA) is 0 Å². The summed E-state index contributed by atoms with van der Waals surface area (Å²) in [5.41, 5.74) is -28.8. The first-order valence-corrected chi connectivity index (χ1v) is 39.5. The van der Waals surface area contributed by atoms with Crippen molar-refractivity contribution in [2.75, 3.05) is 0 Å². The fourth-order valence-corrected chi connectivity index (χ4v) is 14.7. The van der Waals surface area contributed by atoms with E-state index in [0.29, 0.717) is 0 Å². The minimum absolute atomic E-state index is 0.704. The molecule has 0 fully saturated rings. The van der Waals surface area contributed by atoms with Crippen LogP contribution in [0.1, 0.15) is 126 Å².